The smallest absolute Gasteiger partial charge is 0.255 e. The Kier molecular flexibility index (Phi) is 7.30. The lowest BCUT2D eigenvalue weighted by Crippen LogP contribution is -2.38. The molecule has 0 unspecified atom stereocenters. The summed E-state index contributed by atoms with van der Waals surface area (Å²) in [4.78, 5) is 24.7. The molecule has 5 heteroatoms. The fourth-order valence-corrected chi connectivity index (χ4v) is 7.16. The zero-order valence-electron chi connectivity index (χ0n) is 24.4. The number of hydrogen-bond donors (Lipinski definition) is 0. The minimum atomic E-state index is 0.0266. The molecule has 4 nitrogen and oxygen atoms in total. The van der Waals surface area contributed by atoms with Gasteiger partial charge in [0.05, 0.1) is 16.3 Å². The summed E-state index contributed by atoms with van der Waals surface area (Å²) >= 11 is 1.76. The average Bonchev–Trinajstić information content (AvgIpc) is 3.49. The van der Waals surface area contributed by atoms with Crippen molar-refractivity contribution in [1.29, 1.82) is 0 Å². The van der Waals surface area contributed by atoms with Crippen LogP contribution in [0, 0.1) is 11.8 Å². The molecule has 2 aromatic heterocycles. The van der Waals surface area contributed by atoms with Gasteiger partial charge in [-0.3, -0.25) is 9.78 Å². The summed E-state index contributed by atoms with van der Waals surface area (Å²) in [7, 11) is 0. The second-order valence-electron chi connectivity index (χ2n) is 12.7. The summed E-state index contributed by atoms with van der Waals surface area (Å²) < 4.78 is 0. The molecule has 0 saturated carbocycles. The van der Waals surface area contributed by atoms with Gasteiger partial charge in [-0.1, -0.05) is 69.9 Å². The molecule has 2 aliphatic rings. The highest BCUT2D eigenvalue weighted by Crippen LogP contribution is 2.47. The number of carbonyl (C=O) groups is 1. The predicted molar refractivity (Wildman–Crippen MR) is 167 cm³/mol. The molecule has 2 aromatic carbocycles. The first-order valence-corrected chi connectivity index (χ1v) is 15.5. The Labute approximate surface area is 247 Å². The molecule has 41 heavy (non-hydrogen) atoms. The first-order valence-electron chi connectivity index (χ1n) is 14.6. The Hall–Kier alpha value is -3.75. The number of benzene rings is 2. The second kappa shape index (κ2) is 10.9. The standard InChI is InChI=1S/C36H37N3OS/c1-35(2)16-17-36(3,4)31-21-28(12-13-30(31)35)32-24-41-33(38-32)27-14-18-39(19-15-27)34(40)29-20-26(22-37-23-29)11-10-25-8-6-5-7-9-25/h5-9,12-13,20-24,27H,14-19H2,1-4H3. The van der Waals surface area contributed by atoms with Crippen LogP contribution in [0.1, 0.15) is 96.9 Å². The molecule has 6 rings (SSSR count). The third-order valence-electron chi connectivity index (χ3n) is 8.91. The van der Waals surface area contributed by atoms with Crippen molar-refractivity contribution < 1.29 is 4.79 Å². The van der Waals surface area contributed by atoms with E-state index < -0.39 is 0 Å². The number of thiazole rings is 1. The number of piperidine rings is 1. The number of aromatic nitrogens is 2. The topological polar surface area (TPSA) is 46.1 Å². The van der Waals surface area contributed by atoms with Gasteiger partial charge in [0.15, 0.2) is 0 Å². The van der Waals surface area contributed by atoms with Crippen LogP contribution in [0.15, 0.2) is 72.4 Å². The highest BCUT2D eigenvalue weighted by molar-refractivity contribution is 7.10. The molecular weight excluding hydrogens is 522 g/mol. The van der Waals surface area contributed by atoms with E-state index in [1.54, 1.807) is 23.7 Å². The lowest BCUT2D eigenvalue weighted by Gasteiger charge is -2.42. The molecule has 0 atom stereocenters. The molecule has 0 spiro atoms. The summed E-state index contributed by atoms with van der Waals surface area (Å²) in [5, 5.41) is 3.40. The summed E-state index contributed by atoms with van der Waals surface area (Å²) in [6, 6.07) is 18.7. The largest absolute Gasteiger partial charge is 0.339 e. The van der Waals surface area contributed by atoms with Crippen molar-refractivity contribution in [3.8, 4) is 23.1 Å². The zero-order chi connectivity index (χ0) is 28.6. The fraction of sp³-hybridized carbons (Fsp3) is 0.361. The zero-order valence-corrected chi connectivity index (χ0v) is 25.2. The van der Waals surface area contributed by atoms with E-state index in [-0.39, 0.29) is 16.7 Å². The monoisotopic (exact) mass is 559 g/mol. The maximum Gasteiger partial charge on any atom is 0.255 e. The van der Waals surface area contributed by atoms with Gasteiger partial charge in [-0.2, -0.15) is 0 Å². The van der Waals surface area contributed by atoms with Gasteiger partial charge in [0.2, 0.25) is 0 Å². The highest BCUT2D eigenvalue weighted by atomic mass is 32.1. The number of amides is 1. The van der Waals surface area contributed by atoms with Crippen LogP contribution >= 0.6 is 11.3 Å². The number of likely N-dealkylation sites (tertiary alicyclic amines) is 1. The first kappa shape index (κ1) is 27.4. The SMILES string of the molecule is CC1(C)CCC(C)(C)c2cc(-c3csc(C4CCN(C(=O)c5cncc(C#Cc6ccccc6)c5)CC4)n3)ccc21. The van der Waals surface area contributed by atoms with Crippen LogP contribution in [-0.4, -0.2) is 33.9 Å². The molecule has 4 aromatic rings. The Morgan fingerprint density at radius 3 is 2.34 bits per heavy atom. The third-order valence-corrected chi connectivity index (χ3v) is 9.92. The van der Waals surface area contributed by atoms with Crippen molar-refractivity contribution in [3.63, 3.8) is 0 Å². The van der Waals surface area contributed by atoms with Gasteiger partial charge in [-0.05, 0) is 71.9 Å². The van der Waals surface area contributed by atoms with Crippen molar-refractivity contribution in [3.05, 3.63) is 105 Å². The quantitative estimate of drug-likeness (QED) is 0.239. The maximum atomic E-state index is 13.3. The molecule has 0 N–H and O–H groups in total. The number of carbonyl (C=O) groups excluding carboxylic acids is 1. The van der Waals surface area contributed by atoms with E-state index in [1.807, 2.05) is 41.3 Å². The van der Waals surface area contributed by atoms with Crippen LogP contribution in [0.5, 0.6) is 0 Å². The molecule has 208 valence electrons. The van der Waals surface area contributed by atoms with Gasteiger partial charge in [0.1, 0.15) is 0 Å². The van der Waals surface area contributed by atoms with Crippen molar-refractivity contribution in [2.24, 2.45) is 0 Å². The van der Waals surface area contributed by atoms with Crippen LogP contribution in [0.2, 0.25) is 0 Å². The third kappa shape index (κ3) is 5.72. The van der Waals surface area contributed by atoms with E-state index in [2.05, 4.69) is 68.1 Å². The minimum absolute atomic E-state index is 0.0266. The summed E-state index contributed by atoms with van der Waals surface area (Å²) in [6.45, 7) is 10.9. The van der Waals surface area contributed by atoms with E-state index in [9.17, 15) is 4.79 Å². The molecule has 1 aliphatic heterocycles. The van der Waals surface area contributed by atoms with Crippen LogP contribution in [0.4, 0.5) is 0 Å². The van der Waals surface area contributed by atoms with E-state index in [0.29, 0.717) is 11.5 Å². The van der Waals surface area contributed by atoms with Crippen LogP contribution < -0.4 is 0 Å². The van der Waals surface area contributed by atoms with Crippen molar-refractivity contribution in [2.75, 3.05) is 13.1 Å². The second-order valence-corrected chi connectivity index (χ2v) is 13.6. The van der Waals surface area contributed by atoms with E-state index in [1.165, 1.54) is 34.5 Å². The molecule has 1 aliphatic carbocycles. The lowest BCUT2D eigenvalue weighted by atomic mass is 9.63. The van der Waals surface area contributed by atoms with Crippen LogP contribution in [0.3, 0.4) is 0 Å². The summed E-state index contributed by atoms with van der Waals surface area (Å²) in [5.41, 5.74) is 7.93. The van der Waals surface area contributed by atoms with Crippen LogP contribution in [0.25, 0.3) is 11.3 Å². The van der Waals surface area contributed by atoms with E-state index >= 15 is 0 Å². The minimum Gasteiger partial charge on any atom is -0.339 e. The van der Waals surface area contributed by atoms with Gasteiger partial charge < -0.3 is 4.90 Å². The normalized spacial score (nSPS) is 17.8. The van der Waals surface area contributed by atoms with Crippen molar-refractivity contribution in [1.82, 2.24) is 14.9 Å². The lowest BCUT2D eigenvalue weighted by molar-refractivity contribution is 0.0712. The average molecular weight is 560 g/mol. The van der Waals surface area contributed by atoms with Gasteiger partial charge >= 0.3 is 0 Å². The van der Waals surface area contributed by atoms with Gasteiger partial charge in [0, 0.05) is 53.5 Å². The summed E-state index contributed by atoms with van der Waals surface area (Å²) in [6.07, 6.45) is 7.63. The summed E-state index contributed by atoms with van der Waals surface area (Å²) in [5.74, 6) is 6.69. The van der Waals surface area contributed by atoms with E-state index in [0.717, 1.165) is 42.8 Å². The molecular formula is C36H37N3OS. The van der Waals surface area contributed by atoms with E-state index in [4.69, 9.17) is 4.98 Å². The molecule has 3 heterocycles. The van der Waals surface area contributed by atoms with Crippen molar-refractivity contribution >= 4 is 17.2 Å². The fourth-order valence-electron chi connectivity index (χ4n) is 6.16. The number of rotatable bonds is 3. The Balaban J connectivity index is 1.12. The molecule has 1 fully saturated rings. The van der Waals surface area contributed by atoms with Gasteiger partial charge in [0.25, 0.3) is 5.91 Å². The number of hydrogen-bond acceptors (Lipinski definition) is 4. The van der Waals surface area contributed by atoms with Gasteiger partial charge in [-0.25, -0.2) is 4.98 Å². The number of pyridine rings is 1. The number of nitrogens with zero attached hydrogens (tertiary/aromatic N) is 3. The Bertz CT molecular complexity index is 1630. The highest BCUT2D eigenvalue weighted by Gasteiger charge is 2.37. The maximum absolute atomic E-state index is 13.3. The molecule has 0 bridgehead atoms. The molecule has 1 amide bonds. The van der Waals surface area contributed by atoms with Crippen molar-refractivity contribution in [2.45, 2.75) is 70.1 Å². The Morgan fingerprint density at radius 2 is 1.59 bits per heavy atom. The Morgan fingerprint density at radius 1 is 0.878 bits per heavy atom. The molecule has 0 radical (unpaired) electrons. The molecule has 1 saturated heterocycles. The first-order chi connectivity index (χ1) is 19.7. The number of fused-ring (bicyclic) bond motifs is 1. The predicted octanol–water partition coefficient (Wildman–Crippen LogP) is 7.97. The van der Waals surface area contributed by atoms with Crippen LogP contribution in [-0.2, 0) is 10.8 Å². The van der Waals surface area contributed by atoms with Gasteiger partial charge in [-0.15, -0.1) is 11.3 Å².